The van der Waals surface area contributed by atoms with Crippen LogP contribution in [0.2, 0.25) is 0 Å². The van der Waals surface area contributed by atoms with Crippen LogP contribution in [0.5, 0.6) is 0 Å². The molecule has 0 atom stereocenters. The molecular formula is C16H21N3O. The molecule has 3 rings (SSSR count). The van der Waals surface area contributed by atoms with Gasteiger partial charge in [-0.15, -0.1) is 0 Å². The summed E-state index contributed by atoms with van der Waals surface area (Å²) >= 11 is 0. The second-order valence-corrected chi connectivity index (χ2v) is 5.59. The van der Waals surface area contributed by atoms with Crippen molar-refractivity contribution >= 4 is 5.69 Å². The molecular weight excluding hydrogens is 250 g/mol. The van der Waals surface area contributed by atoms with Crippen molar-refractivity contribution in [2.24, 2.45) is 0 Å². The molecule has 4 nitrogen and oxygen atoms in total. The molecule has 1 fully saturated rings. The van der Waals surface area contributed by atoms with Crippen molar-refractivity contribution in [1.29, 1.82) is 0 Å². The van der Waals surface area contributed by atoms with E-state index in [9.17, 15) is 0 Å². The number of nitrogens with zero attached hydrogens (tertiary/aromatic N) is 2. The first-order valence-corrected chi connectivity index (χ1v) is 7.53. The van der Waals surface area contributed by atoms with E-state index < -0.39 is 0 Å². The molecule has 1 aliphatic rings. The van der Waals surface area contributed by atoms with Crippen LogP contribution in [-0.4, -0.2) is 10.1 Å². The number of hydrogen-bond donors (Lipinski definition) is 1. The summed E-state index contributed by atoms with van der Waals surface area (Å²) in [6, 6.07) is 7.65. The molecule has 0 unspecified atom stereocenters. The van der Waals surface area contributed by atoms with Gasteiger partial charge in [-0.25, -0.2) is 0 Å². The third kappa shape index (κ3) is 2.84. The summed E-state index contributed by atoms with van der Waals surface area (Å²) in [6.07, 6.45) is 8.85. The van der Waals surface area contributed by atoms with Crippen molar-refractivity contribution < 1.29 is 4.52 Å². The highest BCUT2D eigenvalue weighted by Gasteiger charge is 2.20. The Morgan fingerprint density at radius 2 is 1.70 bits per heavy atom. The maximum Gasteiger partial charge on any atom is 0.230 e. The van der Waals surface area contributed by atoms with E-state index in [2.05, 4.69) is 10.1 Å². The zero-order valence-corrected chi connectivity index (χ0v) is 11.7. The van der Waals surface area contributed by atoms with Crippen LogP contribution < -0.4 is 5.73 Å². The van der Waals surface area contributed by atoms with Crippen LogP contribution in [0, 0.1) is 0 Å². The van der Waals surface area contributed by atoms with Gasteiger partial charge in [-0.3, -0.25) is 0 Å². The van der Waals surface area contributed by atoms with Crippen LogP contribution in [-0.2, 0) is 0 Å². The minimum Gasteiger partial charge on any atom is -0.398 e. The SMILES string of the molecule is Nc1ccccc1-c1noc(C2CCCCCCC2)n1. The third-order valence-corrected chi connectivity index (χ3v) is 4.10. The van der Waals surface area contributed by atoms with Crippen LogP contribution in [0.25, 0.3) is 11.4 Å². The summed E-state index contributed by atoms with van der Waals surface area (Å²) in [6.45, 7) is 0. The Balaban J connectivity index is 1.80. The Labute approximate surface area is 119 Å². The number of rotatable bonds is 2. The number of para-hydroxylation sites is 1. The Morgan fingerprint density at radius 1 is 1.00 bits per heavy atom. The van der Waals surface area contributed by atoms with Crippen molar-refractivity contribution in [3.63, 3.8) is 0 Å². The van der Waals surface area contributed by atoms with E-state index in [0.717, 1.165) is 24.3 Å². The Hall–Kier alpha value is -1.84. The number of nitrogens with two attached hydrogens (primary N) is 1. The maximum absolute atomic E-state index is 5.96. The molecule has 1 aromatic carbocycles. The van der Waals surface area contributed by atoms with Gasteiger partial charge >= 0.3 is 0 Å². The normalized spacial score (nSPS) is 17.6. The number of benzene rings is 1. The van der Waals surface area contributed by atoms with E-state index in [0.29, 0.717) is 17.4 Å². The van der Waals surface area contributed by atoms with E-state index in [1.807, 2.05) is 24.3 Å². The van der Waals surface area contributed by atoms with Gasteiger partial charge in [-0.1, -0.05) is 49.4 Å². The first-order chi connectivity index (χ1) is 9.84. The fraction of sp³-hybridized carbons (Fsp3) is 0.500. The molecule has 106 valence electrons. The molecule has 0 spiro atoms. The lowest BCUT2D eigenvalue weighted by Crippen LogP contribution is -2.02. The average molecular weight is 271 g/mol. The van der Waals surface area contributed by atoms with E-state index in [4.69, 9.17) is 10.3 Å². The molecule has 2 N–H and O–H groups in total. The molecule has 1 aromatic heterocycles. The van der Waals surface area contributed by atoms with E-state index in [1.54, 1.807) is 0 Å². The molecule has 4 heteroatoms. The zero-order valence-electron chi connectivity index (χ0n) is 11.7. The zero-order chi connectivity index (χ0) is 13.8. The van der Waals surface area contributed by atoms with Crippen molar-refractivity contribution in [2.45, 2.75) is 50.9 Å². The summed E-state index contributed by atoms with van der Waals surface area (Å²) in [5, 5.41) is 4.11. The third-order valence-electron chi connectivity index (χ3n) is 4.10. The Bertz CT molecular complexity index is 556. The predicted molar refractivity (Wildman–Crippen MR) is 79.2 cm³/mol. The minimum absolute atomic E-state index is 0.418. The van der Waals surface area contributed by atoms with Crippen LogP contribution in [0.1, 0.15) is 56.8 Å². The molecule has 0 saturated heterocycles. The first-order valence-electron chi connectivity index (χ1n) is 7.53. The molecule has 20 heavy (non-hydrogen) atoms. The van der Waals surface area contributed by atoms with Gasteiger partial charge in [-0.05, 0) is 25.0 Å². The highest BCUT2D eigenvalue weighted by atomic mass is 16.5. The summed E-state index contributed by atoms with van der Waals surface area (Å²) in [4.78, 5) is 4.58. The van der Waals surface area contributed by atoms with Crippen LogP contribution in [0.15, 0.2) is 28.8 Å². The van der Waals surface area contributed by atoms with Crippen molar-refractivity contribution in [3.05, 3.63) is 30.2 Å². The number of anilines is 1. The van der Waals surface area contributed by atoms with Crippen molar-refractivity contribution in [3.8, 4) is 11.4 Å². The van der Waals surface area contributed by atoms with Gasteiger partial charge in [0.2, 0.25) is 11.7 Å². The second kappa shape index (κ2) is 6.07. The van der Waals surface area contributed by atoms with Gasteiger partial charge in [0, 0.05) is 17.2 Å². The lowest BCUT2D eigenvalue weighted by molar-refractivity contribution is 0.323. The van der Waals surface area contributed by atoms with Gasteiger partial charge < -0.3 is 10.3 Å². The molecule has 0 aliphatic heterocycles. The summed E-state index contributed by atoms with van der Waals surface area (Å²) in [5.41, 5.74) is 7.51. The van der Waals surface area contributed by atoms with Gasteiger partial charge in [0.25, 0.3) is 0 Å². The van der Waals surface area contributed by atoms with Gasteiger partial charge in [0.15, 0.2) is 0 Å². The minimum atomic E-state index is 0.418. The lowest BCUT2D eigenvalue weighted by Gasteiger charge is -2.15. The number of hydrogen-bond acceptors (Lipinski definition) is 4. The highest BCUT2D eigenvalue weighted by molar-refractivity contribution is 5.70. The largest absolute Gasteiger partial charge is 0.398 e. The van der Waals surface area contributed by atoms with Crippen molar-refractivity contribution in [2.75, 3.05) is 5.73 Å². The lowest BCUT2D eigenvalue weighted by atomic mass is 9.91. The summed E-state index contributed by atoms with van der Waals surface area (Å²) in [5.74, 6) is 1.81. The van der Waals surface area contributed by atoms with Crippen molar-refractivity contribution in [1.82, 2.24) is 10.1 Å². The molecule has 2 aromatic rings. The van der Waals surface area contributed by atoms with Crippen LogP contribution in [0.3, 0.4) is 0 Å². The molecule has 1 saturated carbocycles. The first kappa shape index (κ1) is 13.2. The quantitative estimate of drug-likeness (QED) is 0.833. The Kier molecular flexibility index (Phi) is 4.00. The fourth-order valence-corrected chi connectivity index (χ4v) is 2.91. The molecule has 1 aliphatic carbocycles. The standard InChI is InChI=1S/C16H21N3O/c17-14-11-7-6-10-13(14)15-18-16(20-19-15)12-8-4-2-1-3-5-9-12/h6-7,10-12H,1-5,8-9,17H2. The molecule has 1 heterocycles. The second-order valence-electron chi connectivity index (χ2n) is 5.59. The van der Waals surface area contributed by atoms with E-state index in [-0.39, 0.29) is 0 Å². The summed E-state index contributed by atoms with van der Waals surface area (Å²) < 4.78 is 5.49. The fourth-order valence-electron chi connectivity index (χ4n) is 2.91. The molecule has 0 bridgehead atoms. The van der Waals surface area contributed by atoms with Gasteiger partial charge in [0.1, 0.15) is 0 Å². The highest BCUT2D eigenvalue weighted by Crippen LogP contribution is 2.31. The monoisotopic (exact) mass is 271 g/mol. The van der Waals surface area contributed by atoms with E-state index in [1.165, 1.54) is 32.1 Å². The van der Waals surface area contributed by atoms with Crippen LogP contribution >= 0.6 is 0 Å². The maximum atomic E-state index is 5.96. The molecule has 0 amide bonds. The summed E-state index contributed by atoms with van der Waals surface area (Å²) in [7, 11) is 0. The predicted octanol–water partition coefficient (Wildman–Crippen LogP) is 4.15. The number of nitrogen functional groups attached to an aromatic ring is 1. The van der Waals surface area contributed by atoms with Crippen LogP contribution in [0.4, 0.5) is 5.69 Å². The van der Waals surface area contributed by atoms with Gasteiger partial charge in [-0.2, -0.15) is 4.98 Å². The average Bonchev–Trinajstić information content (AvgIpc) is 2.88. The topological polar surface area (TPSA) is 64.9 Å². The van der Waals surface area contributed by atoms with E-state index >= 15 is 0 Å². The van der Waals surface area contributed by atoms with Gasteiger partial charge in [0.05, 0.1) is 0 Å². The Morgan fingerprint density at radius 3 is 2.45 bits per heavy atom. The molecule has 0 radical (unpaired) electrons. The smallest absolute Gasteiger partial charge is 0.230 e. The number of aromatic nitrogens is 2.